The van der Waals surface area contributed by atoms with Crippen molar-refractivity contribution >= 4 is 47.7 Å². The van der Waals surface area contributed by atoms with Crippen molar-refractivity contribution in [3.05, 3.63) is 27.4 Å². The summed E-state index contributed by atoms with van der Waals surface area (Å²) in [4.78, 5) is 12.0. The maximum Gasteiger partial charge on any atom is 0.282 e. The number of anilines is 1. The van der Waals surface area contributed by atoms with E-state index in [0.29, 0.717) is 21.6 Å². The number of nitrogens with one attached hydrogen (secondary N) is 1. The number of imidazole rings is 1. The number of halogens is 2. The van der Waals surface area contributed by atoms with Gasteiger partial charge in [0.05, 0.1) is 6.20 Å². The fraction of sp³-hybridized carbons (Fsp3) is 0.300. The molecule has 2 aromatic heterocycles. The van der Waals surface area contributed by atoms with Gasteiger partial charge in [-0.15, -0.1) is 0 Å². The number of rotatable bonds is 4. The molecule has 2 rings (SSSR count). The summed E-state index contributed by atoms with van der Waals surface area (Å²) < 4.78 is 29.4. The lowest BCUT2D eigenvalue weighted by Gasteiger charge is -2.06. The van der Waals surface area contributed by atoms with Crippen LogP contribution in [0, 0.1) is 6.92 Å². The Morgan fingerprint density at radius 2 is 2.05 bits per heavy atom. The topological polar surface area (TPSA) is 89.8 Å². The van der Waals surface area contributed by atoms with Gasteiger partial charge < -0.3 is 4.57 Å². The molecule has 0 aliphatic carbocycles. The minimum absolute atomic E-state index is 0.0477. The van der Waals surface area contributed by atoms with Crippen molar-refractivity contribution in [2.24, 2.45) is 0 Å². The van der Waals surface area contributed by atoms with Crippen LogP contribution in [0.4, 0.5) is 5.82 Å². The van der Waals surface area contributed by atoms with E-state index < -0.39 is 10.0 Å². The van der Waals surface area contributed by atoms with Gasteiger partial charge in [0.1, 0.15) is 10.4 Å². The first-order valence-corrected chi connectivity index (χ1v) is 8.65. The molecule has 20 heavy (non-hydrogen) atoms. The van der Waals surface area contributed by atoms with Gasteiger partial charge >= 0.3 is 0 Å². The third-order valence-electron chi connectivity index (χ3n) is 2.50. The predicted octanol–water partition coefficient (Wildman–Crippen LogP) is 2.33. The van der Waals surface area contributed by atoms with Crippen LogP contribution in [-0.4, -0.2) is 27.9 Å². The highest BCUT2D eigenvalue weighted by atomic mass is 79.9. The van der Waals surface area contributed by atoms with Crippen molar-refractivity contribution in [2.45, 2.75) is 25.4 Å². The molecule has 0 radical (unpaired) electrons. The van der Waals surface area contributed by atoms with Gasteiger partial charge in [-0.05, 0) is 45.7 Å². The molecule has 0 atom stereocenters. The summed E-state index contributed by atoms with van der Waals surface area (Å²) >= 11 is 6.30. The summed E-state index contributed by atoms with van der Waals surface area (Å²) in [6, 6.07) is 0. The number of aryl methyl sites for hydroxylation is 2. The third kappa shape index (κ3) is 3.18. The van der Waals surface area contributed by atoms with E-state index in [4.69, 9.17) is 0 Å². The van der Waals surface area contributed by atoms with Crippen molar-refractivity contribution in [2.75, 3.05) is 4.72 Å². The summed E-state index contributed by atoms with van der Waals surface area (Å²) in [5.74, 6) is 0.741. The molecule has 7 nitrogen and oxygen atoms in total. The number of aromatic nitrogens is 4. The Morgan fingerprint density at radius 1 is 1.35 bits per heavy atom. The smallest absolute Gasteiger partial charge is 0.282 e. The standard InChI is InChI=1S/C10H11Br2N5O2S/c1-3-17-5-8(14-6(17)2)20(18,19)16-10-9(12)15-7(11)4-13-10/h4-5H,3H2,1-2H3,(H,13,16). The molecule has 0 saturated heterocycles. The minimum Gasteiger partial charge on any atom is -0.334 e. The van der Waals surface area contributed by atoms with Crippen LogP contribution in [0.2, 0.25) is 0 Å². The number of hydrogen-bond donors (Lipinski definition) is 1. The summed E-state index contributed by atoms with van der Waals surface area (Å²) in [6.07, 6.45) is 2.89. The molecule has 0 saturated carbocycles. The van der Waals surface area contributed by atoms with E-state index in [9.17, 15) is 8.42 Å². The lowest BCUT2D eigenvalue weighted by Crippen LogP contribution is -2.15. The van der Waals surface area contributed by atoms with Gasteiger partial charge in [-0.3, -0.25) is 4.72 Å². The minimum atomic E-state index is -3.79. The number of hydrogen-bond acceptors (Lipinski definition) is 5. The average Bonchev–Trinajstić information content (AvgIpc) is 2.75. The zero-order chi connectivity index (χ0) is 14.9. The van der Waals surface area contributed by atoms with E-state index in [2.05, 4.69) is 51.5 Å². The van der Waals surface area contributed by atoms with Crippen LogP contribution in [0.25, 0.3) is 0 Å². The fourth-order valence-electron chi connectivity index (χ4n) is 1.52. The second kappa shape index (κ2) is 5.78. The van der Waals surface area contributed by atoms with Crippen LogP contribution < -0.4 is 4.72 Å². The highest BCUT2D eigenvalue weighted by Gasteiger charge is 2.21. The lowest BCUT2D eigenvalue weighted by atomic mass is 10.6. The Kier molecular flexibility index (Phi) is 4.45. The van der Waals surface area contributed by atoms with Crippen molar-refractivity contribution in [1.82, 2.24) is 19.5 Å². The van der Waals surface area contributed by atoms with Gasteiger partial charge in [-0.2, -0.15) is 8.42 Å². The maximum absolute atomic E-state index is 12.2. The number of sulfonamides is 1. The Labute approximate surface area is 133 Å². The molecule has 0 aromatic carbocycles. The lowest BCUT2D eigenvalue weighted by molar-refractivity contribution is 0.597. The summed E-state index contributed by atoms with van der Waals surface area (Å²) in [7, 11) is -3.79. The van der Waals surface area contributed by atoms with Crippen LogP contribution in [0.15, 0.2) is 26.6 Å². The number of nitrogens with zero attached hydrogens (tertiary/aromatic N) is 4. The van der Waals surface area contributed by atoms with Gasteiger partial charge in [0.2, 0.25) is 0 Å². The molecule has 0 aliphatic rings. The second-order valence-electron chi connectivity index (χ2n) is 3.85. The van der Waals surface area contributed by atoms with E-state index in [-0.39, 0.29) is 10.8 Å². The Morgan fingerprint density at radius 3 is 2.60 bits per heavy atom. The van der Waals surface area contributed by atoms with Crippen molar-refractivity contribution in [1.29, 1.82) is 0 Å². The molecule has 0 spiro atoms. The molecular formula is C10H11Br2N5O2S. The van der Waals surface area contributed by atoms with Crippen LogP contribution >= 0.6 is 31.9 Å². The van der Waals surface area contributed by atoms with Crippen molar-refractivity contribution in [3.8, 4) is 0 Å². The largest absolute Gasteiger partial charge is 0.334 e. The van der Waals surface area contributed by atoms with Crippen LogP contribution in [0.3, 0.4) is 0 Å². The molecule has 0 unspecified atom stereocenters. The third-order valence-corrected chi connectivity index (χ3v) is 4.65. The molecule has 10 heteroatoms. The molecule has 108 valence electrons. The summed E-state index contributed by atoms with van der Waals surface area (Å²) in [5, 5.41) is -0.0477. The van der Waals surface area contributed by atoms with Crippen molar-refractivity contribution < 1.29 is 8.42 Å². The summed E-state index contributed by atoms with van der Waals surface area (Å²) in [5.41, 5.74) is 0. The van der Waals surface area contributed by atoms with Crippen molar-refractivity contribution in [3.63, 3.8) is 0 Å². The normalized spacial score (nSPS) is 11.6. The first-order valence-electron chi connectivity index (χ1n) is 5.58. The predicted molar refractivity (Wildman–Crippen MR) is 80.9 cm³/mol. The van der Waals surface area contributed by atoms with Gasteiger partial charge in [0, 0.05) is 12.7 Å². The SMILES string of the molecule is CCn1cc(S(=O)(=O)Nc2ncc(Br)nc2Br)nc1C. The molecule has 1 N–H and O–H groups in total. The molecule has 0 fully saturated rings. The zero-order valence-electron chi connectivity index (χ0n) is 10.6. The van der Waals surface area contributed by atoms with E-state index >= 15 is 0 Å². The van der Waals surface area contributed by atoms with Gasteiger partial charge in [-0.1, -0.05) is 0 Å². The molecular weight excluding hydrogens is 414 g/mol. The van der Waals surface area contributed by atoms with E-state index in [0.717, 1.165) is 0 Å². The second-order valence-corrected chi connectivity index (χ2v) is 7.04. The quantitative estimate of drug-likeness (QED) is 0.813. The highest BCUT2D eigenvalue weighted by molar-refractivity contribution is 9.11. The molecule has 0 amide bonds. The Balaban J connectivity index is 2.35. The average molecular weight is 425 g/mol. The Hall–Kier alpha value is -1.000. The van der Waals surface area contributed by atoms with E-state index in [1.165, 1.54) is 12.4 Å². The fourth-order valence-corrected chi connectivity index (χ4v) is 3.59. The first-order chi connectivity index (χ1) is 9.33. The van der Waals surface area contributed by atoms with E-state index in [1.54, 1.807) is 11.5 Å². The molecule has 2 aromatic rings. The molecule has 0 aliphatic heterocycles. The van der Waals surface area contributed by atoms with Crippen LogP contribution in [-0.2, 0) is 16.6 Å². The zero-order valence-corrected chi connectivity index (χ0v) is 14.6. The molecule has 2 heterocycles. The maximum atomic E-state index is 12.2. The highest BCUT2D eigenvalue weighted by Crippen LogP contribution is 2.22. The van der Waals surface area contributed by atoms with Crippen LogP contribution in [0.1, 0.15) is 12.7 Å². The summed E-state index contributed by atoms with van der Waals surface area (Å²) in [6.45, 7) is 4.31. The monoisotopic (exact) mass is 423 g/mol. The molecule has 0 bridgehead atoms. The van der Waals surface area contributed by atoms with E-state index in [1.807, 2.05) is 6.92 Å². The van der Waals surface area contributed by atoms with Crippen LogP contribution in [0.5, 0.6) is 0 Å². The van der Waals surface area contributed by atoms with Gasteiger partial charge in [0.15, 0.2) is 15.4 Å². The van der Waals surface area contributed by atoms with Gasteiger partial charge in [-0.25, -0.2) is 15.0 Å². The Bertz CT molecular complexity index is 744. The first kappa shape index (κ1) is 15.4. The van der Waals surface area contributed by atoms with Gasteiger partial charge in [0.25, 0.3) is 10.0 Å².